The van der Waals surface area contributed by atoms with Crippen molar-refractivity contribution in [1.82, 2.24) is 15.0 Å². The van der Waals surface area contributed by atoms with Crippen LogP contribution < -0.4 is 26.8 Å². The van der Waals surface area contributed by atoms with Gasteiger partial charge >= 0.3 is 0 Å². The van der Waals surface area contributed by atoms with E-state index in [2.05, 4.69) is 30.9 Å². The third kappa shape index (κ3) is 3.96. The molecule has 8 nitrogen and oxygen atoms in total. The van der Waals surface area contributed by atoms with Crippen molar-refractivity contribution in [2.75, 3.05) is 16.0 Å². The maximum atomic E-state index is 12.1. The first-order chi connectivity index (χ1) is 14.1. The second-order valence-corrected chi connectivity index (χ2v) is 6.44. The molecule has 2 aromatic heterocycles. The van der Waals surface area contributed by atoms with Crippen molar-refractivity contribution in [2.24, 2.45) is 0 Å². The zero-order valence-corrected chi connectivity index (χ0v) is 15.6. The van der Waals surface area contributed by atoms with Gasteiger partial charge in [-0.3, -0.25) is 9.59 Å². The summed E-state index contributed by atoms with van der Waals surface area (Å²) in [7, 11) is 0. The van der Waals surface area contributed by atoms with Gasteiger partial charge in [0.25, 0.3) is 10.9 Å². The van der Waals surface area contributed by atoms with Crippen LogP contribution in [-0.4, -0.2) is 15.0 Å². The molecule has 0 unspecified atom stereocenters. The SMILES string of the molecule is C[C@@H](Nc1c(Nc2ccnc(Nc3ncccn3)c2)c(=O)c1=O)c1ccccc1. The average molecular weight is 386 g/mol. The van der Waals surface area contributed by atoms with E-state index in [4.69, 9.17) is 0 Å². The van der Waals surface area contributed by atoms with Gasteiger partial charge in [0.05, 0.1) is 0 Å². The highest BCUT2D eigenvalue weighted by Gasteiger charge is 2.23. The first-order valence-corrected chi connectivity index (χ1v) is 9.04. The molecule has 0 amide bonds. The molecule has 4 rings (SSSR count). The number of benzene rings is 1. The second-order valence-electron chi connectivity index (χ2n) is 6.44. The Morgan fingerprint density at radius 3 is 2.28 bits per heavy atom. The fraction of sp³-hybridized carbons (Fsp3) is 0.0952. The smallest absolute Gasteiger partial charge is 0.253 e. The first kappa shape index (κ1) is 18.3. The van der Waals surface area contributed by atoms with Crippen LogP contribution in [0.25, 0.3) is 0 Å². The van der Waals surface area contributed by atoms with Crippen LogP contribution in [0.2, 0.25) is 0 Å². The summed E-state index contributed by atoms with van der Waals surface area (Å²) in [6, 6.07) is 14.7. The van der Waals surface area contributed by atoms with E-state index in [-0.39, 0.29) is 17.4 Å². The van der Waals surface area contributed by atoms with Gasteiger partial charge in [-0.1, -0.05) is 30.3 Å². The fourth-order valence-electron chi connectivity index (χ4n) is 2.89. The topological polar surface area (TPSA) is 109 Å². The zero-order valence-electron chi connectivity index (χ0n) is 15.6. The number of aromatic nitrogens is 3. The summed E-state index contributed by atoms with van der Waals surface area (Å²) in [4.78, 5) is 36.6. The molecule has 1 atom stereocenters. The van der Waals surface area contributed by atoms with Crippen molar-refractivity contribution in [3.05, 3.63) is 93.1 Å². The second kappa shape index (κ2) is 7.89. The van der Waals surface area contributed by atoms with Crippen LogP contribution in [0.3, 0.4) is 0 Å². The Hall–Kier alpha value is -4.07. The summed E-state index contributed by atoms with van der Waals surface area (Å²) < 4.78 is 0. The van der Waals surface area contributed by atoms with Crippen molar-refractivity contribution in [3.8, 4) is 0 Å². The first-order valence-electron chi connectivity index (χ1n) is 9.04. The Balaban J connectivity index is 1.52. The van der Waals surface area contributed by atoms with Gasteiger partial charge in [0, 0.05) is 36.4 Å². The van der Waals surface area contributed by atoms with E-state index in [9.17, 15) is 9.59 Å². The van der Waals surface area contributed by atoms with Crippen molar-refractivity contribution >= 4 is 28.8 Å². The molecule has 0 bridgehead atoms. The third-order valence-corrected chi connectivity index (χ3v) is 4.41. The maximum Gasteiger partial charge on any atom is 0.253 e. The van der Waals surface area contributed by atoms with Gasteiger partial charge in [0.2, 0.25) is 5.95 Å². The van der Waals surface area contributed by atoms with Gasteiger partial charge < -0.3 is 16.0 Å². The van der Waals surface area contributed by atoms with Crippen LogP contribution in [0, 0.1) is 0 Å². The minimum absolute atomic E-state index is 0.120. The van der Waals surface area contributed by atoms with Crippen LogP contribution in [0.15, 0.2) is 76.7 Å². The van der Waals surface area contributed by atoms with E-state index in [1.165, 1.54) is 0 Å². The molecule has 0 spiro atoms. The highest BCUT2D eigenvalue weighted by Crippen LogP contribution is 2.26. The Morgan fingerprint density at radius 2 is 1.52 bits per heavy atom. The lowest BCUT2D eigenvalue weighted by Crippen LogP contribution is -2.37. The van der Waals surface area contributed by atoms with Gasteiger partial charge in [-0.15, -0.1) is 0 Å². The number of anilines is 5. The standard InChI is InChI=1S/C21H18N6O2/c1-13(14-6-3-2-4-7-14)25-17-18(20(29)19(17)28)26-15-8-11-22-16(12-15)27-21-23-9-5-10-24-21/h2-13,25H,1H3,(H2,22,23,24,26,27)/t13-/m1/s1. The number of nitrogens with one attached hydrogen (secondary N) is 3. The molecular weight excluding hydrogens is 368 g/mol. The molecule has 3 N–H and O–H groups in total. The Morgan fingerprint density at radius 1 is 0.793 bits per heavy atom. The van der Waals surface area contributed by atoms with Crippen LogP contribution in [0.1, 0.15) is 18.5 Å². The molecule has 144 valence electrons. The molecule has 0 aliphatic rings. The van der Waals surface area contributed by atoms with Gasteiger partial charge in [-0.05, 0) is 24.6 Å². The fourth-order valence-corrected chi connectivity index (χ4v) is 2.89. The van der Waals surface area contributed by atoms with Crippen molar-refractivity contribution < 1.29 is 0 Å². The van der Waals surface area contributed by atoms with E-state index < -0.39 is 10.9 Å². The normalized spacial score (nSPS) is 11.8. The molecule has 0 fully saturated rings. The minimum Gasteiger partial charge on any atom is -0.373 e. The molecule has 0 saturated heterocycles. The van der Waals surface area contributed by atoms with E-state index in [1.54, 1.807) is 36.8 Å². The number of pyridine rings is 1. The maximum absolute atomic E-state index is 12.1. The zero-order chi connectivity index (χ0) is 20.2. The number of rotatable bonds is 7. The molecular formula is C21H18N6O2. The predicted octanol–water partition coefficient (Wildman–Crippen LogP) is 3.13. The van der Waals surface area contributed by atoms with Crippen LogP contribution >= 0.6 is 0 Å². The number of hydrogen-bond acceptors (Lipinski definition) is 8. The Kier molecular flexibility index (Phi) is 4.98. The summed E-state index contributed by atoms with van der Waals surface area (Å²) in [5, 5.41) is 9.13. The summed E-state index contributed by atoms with van der Waals surface area (Å²) >= 11 is 0. The molecule has 29 heavy (non-hydrogen) atoms. The van der Waals surface area contributed by atoms with Gasteiger partial charge in [-0.25, -0.2) is 15.0 Å². The molecule has 2 aromatic carbocycles. The summed E-state index contributed by atoms with van der Waals surface area (Å²) in [5.74, 6) is 0.914. The lowest BCUT2D eigenvalue weighted by Gasteiger charge is -2.20. The van der Waals surface area contributed by atoms with Crippen molar-refractivity contribution in [1.29, 1.82) is 0 Å². The highest BCUT2D eigenvalue weighted by molar-refractivity contribution is 5.79. The van der Waals surface area contributed by atoms with Crippen LogP contribution in [-0.2, 0) is 0 Å². The molecule has 0 saturated carbocycles. The molecule has 4 aromatic rings. The van der Waals surface area contributed by atoms with Gasteiger partial charge in [-0.2, -0.15) is 0 Å². The molecule has 8 heteroatoms. The van der Waals surface area contributed by atoms with E-state index >= 15 is 0 Å². The van der Waals surface area contributed by atoms with Crippen molar-refractivity contribution in [3.63, 3.8) is 0 Å². The minimum atomic E-state index is -0.550. The number of nitrogens with zero attached hydrogens (tertiary/aromatic N) is 3. The Labute approximate surface area is 166 Å². The predicted molar refractivity (Wildman–Crippen MR) is 113 cm³/mol. The van der Waals surface area contributed by atoms with E-state index in [1.807, 2.05) is 37.3 Å². The van der Waals surface area contributed by atoms with E-state index in [0.717, 1.165) is 5.56 Å². The Bertz CT molecular complexity index is 1190. The summed E-state index contributed by atoms with van der Waals surface area (Å²) in [5.41, 5.74) is 1.08. The lowest BCUT2D eigenvalue weighted by atomic mass is 10.1. The van der Waals surface area contributed by atoms with Crippen LogP contribution in [0.4, 0.5) is 28.8 Å². The van der Waals surface area contributed by atoms with Gasteiger partial charge in [0.1, 0.15) is 17.2 Å². The van der Waals surface area contributed by atoms with Crippen LogP contribution in [0.5, 0.6) is 0 Å². The largest absolute Gasteiger partial charge is 0.373 e. The quantitative estimate of drug-likeness (QED) is 0.416. The molecule has 2 heterocycles. The van der Waals surface area contributed by atoms with Crippen molar-refractivity contribution in [2.45, 2.75) is 13.0 Å². The summed E-state index contributed by atoms with van der Waals surface area (Å²) in [6.45, 7) is 1.93. The van der Waals surface area contributed by atoms with E-state index in [0.29, 0.717) is 17.5 Å². The summed E-state index contributed by atoms with van der Waals surface area (Å²) in [6.07, 6.45) is 4.82. The average Bonchev–Trinajstić information content (AvgIpc) is 2.77. The lowest BCUT2D eigenvalue weighted by molar-refractivity contribution is 0.880. The molecule has 0 radical (unpaired) electrons. The highest BCUT2D eigenvalue weighted by atomic mass is 16.2. The monoisotopic (exact) mass is 386 g/mol. The number of hydrogen-bond donors (Lipinski definition) is 3. The molecule has 0 aliphatic heterocycles. The third-order valence-electron chi connectivity index (χ3n) is 4.41. The molecule has 0 aliphatic carbocycles. The van der Waals surface area contributed by atoms with Gasteiger partial charge in [0.15, 0.2) is 0 Å².